The van der Waals surface area contributed by atoms with Crippen molar-refractivity contribution < 1.29 is 9.21 Å². The van der Waals surface area contributed by atoms with Crippen molar-refractivity contribution in [1.82, 2.24) is 10.3 Å². The fourth-order valence-electron chi connectivity index (χ4n) is 1.32. The van der Waals surface area contributed by atoms with Crippen LogP contribution in [0.5, 0.6) is 0 Å². The summed E-state index contributed by atoms with van der Waals surface area (Å²) in [6.07, 6.45) is 2.91. The zero-order valence-corrected chi connectivity index (χ0v) is 8.23. The topological polar surface area (TPSA) is 55.1 Å². The van der Waals surface area contributed by atoms with Crippen molar-refractivity contribution >= 4 is 5.91 Å². The normalized spacial score (nSPS) is 9.93. The molecule has 76 valence electrons. The van der Waals surface area contributed by atoms with Crippen molar-refractivity contribution in [3.63, 3.8) is 0 Å². The fourth-order valence-corrected chi connectivity index (χ4v) is 1.32. The van der Waals surface area contributed by atoms with E-state index in [2.05, 4.69) is 10.3 Å². The summed E-state index contributed by atoms with van der Waals surface area (Å²) in [5, 5.41) is 2.57. The molecule has 0 aliphatic carbocycles. The Balaban J connectivity index is 2.39. The Kier molecular flexibility index (Phi) is 2.49. The van der Waals surface area contributed by atoms with Gasteiger partial charge in [0.2, 0.25) is 0 Å². The van der Waals surface area contributed by atoms with Crippen LogP contribution in [0.4, 0.5) is 0 Å². The van der Waals surface area contributed by atoms with Crippen molar-refractivity contribution in [1.29, 1.82) is 0 Å². The SMILES string of the molecule is CNC(=O)c1cccc(-c2cocn2)c1. The molecule has 0 fully saturated rings. The van der Waals surface area contributed by atoms with Crippen LogP contribution >= 0.6 is 0 Å². The highest BCUT2D eigenvalue weighted by Crippen LogP contribution is 2.17. The van der Waals surface area contributed by atoms with Gasteiger partial charge in [0.05, 0.1) is 0 Å². The molecule has 0 aliphatic heterocycles. The Morgan fingerprint density at radius 2 is 2.33 bits per heavy atom. The van der Waals surface area contributed by atoms with E-state index < -0.39 is 0 Å². The van der Waals surface area contributed by atoms with Gasteiger partial charge < -0.3 is 9.73 Å². The van der Waals surface area contributed by atoms with E-state index in [4.69, 9.17) is 4.42 Å². The van der Waals surface area contributed by atoms with Gasteiger partial charge in [0.25, 0.3) is 5.91 Å². The average Bonchev–Trinajstić information content (AvgIpc) is 2.82. The number of aromatic nitrogens is 1. The summed E-state index contributed by atoms with van der Waals surface area (Å²) in [6.45, 7) is 0. The first kappa shape index (κ1) is 9.45. The molecule has 2 rings (SSSR count). The molecule has 0 spiro atoms. The van der Waals surface area contributed by atoms with Crippen LogP contribution in [0.15, 0.2) is 41.3 Å². The van der Waals surface area contributed by atoms with E-state index in [9.17, 15) is 4.79 Å². The first-order valence-electron chi connectivity index (χ1n) is 4.52. The van der Waals surface area contributed by atoms with Crippen molar-refractivity contribution in [2.45, 2.75) is 0 Å². The Morgan fingerprint density at radius 1 is 1.47 bits per heavy atom. The lowest BCUT2D eigenvalue weighted by molar-refractivity contribution is 0.0963. The third-order valence-electron chi connectivity index (χ3n) is 2.08. The van der Waals surface area contributed by atoms with Gasteiger partial charge in [0.1, 0.15) is 12.0 Å². The van der Waals surface area contributed by atoms with Crippen LogP contribution in [0.2, 0.25) is 0 Å². The summed E-state index contributed by atoms with van der Waals surface area (Å²) < 4.78 is 4.88. The number of hydrogen-bond acceptors (Lipinski definition) is 3. The summed E-state index contributed by atoms with van der Waals surface area (Å²) in [7, 11) is 1.60. The fraction of sp³-hybridized carbons (Fsp3) is 0.0909. The van der Waals surface area contributed by atoms with E-state index in [0.29, 0.717) is 5.56 Å². The Morgan fingerprint density at radius 3 is 3.00 bits per heavy atom. The number of nitrogens with one attached hydrogen (secondary N) is 1. The monoisotopic (exact) mass is 202 g/mol. The summed E-state index contributed by atoms with van der Waals surface area (Å²) in [4.78, 5) is 15.4. The molecule has 0 radical (unpaired) electrons. The van der Waals surface area contributed by atoms with Crippen molar-refractivity contribution in [3.8, 4) is 11.3 Å². The highest BCUT2D eigenvalue weighted by Gasteiger charge is 2.06. The quantitative estimate of drug-likeness (QED) is 0.806. The Labute approximate surface area is 86.9 Å². The molecule has 2 aromatic rings. The van der Waals surface area contributed by atoms with Gasteiger partial charge in [0.15, 0.2) is 6.39 Å². The van der Waals surface area contributed by atoms with Gasteiger partial charge in [-0.1, -0.05) is 12.1 Å². The van der Waals surface area contributed by atoms with Gasteiger partial charge in [-0.2, -0.15) is 0 Å². The summed E-state index contributed by atoms with van der Waals surface area (Å²) in [6, 6.07) is 7.22. The number of carbonyl (C=O) groups is 1. The number of carbonyl (C=O) groups excluding carboxylic acids is 1. The van der Waals surface area contributed by atoms with E-state index >= 15 is 0 Å². The largest absolute Gasteiger partial charge is 0.451 e. The molecule has 4 heteroatoms. The van der Waals surface area contributed by atoms with E-state index in [1.165, 1.54) is 6.39 Å². The predicted octanol–water partition coefficient (Wildman–Crippen LogP) is 1.70. The molecule has 0 saturated carbocycles. The number of oxazole rings is 1. The maximum atomic E-state index is 11.4. The zero-order valence-electron chi connectivity index (χ0n) is 8.23. The lowest BCUT2D eigenvalue weighted by atomic mass is 10.1. The molecule has 1 aromatic heterocycles. The van der Waals surface area contributed by atoms with Gasteiger partial charge in [0, 0.05) is 18.2 Å². The third kappa shape index (κ3) is 1.88. The van der Waals surface area contributed by atoms with Gasteiger partial charge in [-0.15, -0.1) is 0 Å². The zero-order chi connectivity index (χ0) is 10.7. The van der Waals surface area contributed by atoms with Crippen LogP contribution in [0.1, 0.15) is 10.4 Å². The third-order valence-corrected chi connectivity index (χ3v) is 2.08. The molecule has 0 aliphatic rings. The molecule has 1 aromatic carbocycles. The number of amides is 1. The highest BCUT2D eigenvalue weighted by atomic mass is 16.3. The Bertz CT molecular complexity index is 463. The van der Waals surface area contributed by atoms with Crippen LogP contribution in [0.3, 0.4) is 0 Å². The van der Waals surface area contributed by atoms with Gasteiger partial charge in [-0.3, -0.25) is 4.79 Å². The first-order chi connectivity index (χ1) is 7.31. The smallest absolute Gasteiger partial charge is 0.251 e. The molecule has 0 unspecified atom stereocenters. The second-order valence-electron chi connectivity index (χ2n) is 3.03. The lowest BCUT2D eigenvalue weighted by Gasteiger charge is -2.01. The molecular weight excluding hydrogens is 192 g/mol. The van der Waals surface area contributed by atoms with Crippen molar-refractivity contribution in [3.05, 3.63) is 42.5 Å². The van der Waals surface area contributed by atoms with Crippen molar-refractivity contribution in [2.75, 3.05) is 7.05 Å². The molecule has 0 saturated heterocycles. The molecule has 4 nitrogen and oxygen atoms in total. The van der Waals surface area contributed by atoms with Crippen LogP contribution in [-0.2, 0) is 0 Å². The second-order valence-corrected chi connectivity index (χ2v) is 3.03. The van der Waals surface area contributed by atoms with Crippen LogP contribution in [-0.4, -0.2) is 17.9 Å². The standard InChI is InChI=1S/C11H10N2O2/c1-12-11(14)9-4-2-3-8(5-9)10-6-15-7-13-10/h2-7H,1H3,(H,12,14). The molecule has 0 atom stereocenters. The minimum absolute atomic E-state index is 0.111. The minimum Gasteiger partial charge on any atom is -0.451 e. The highest BCUT2D eigenvalue weighted by molar-refractivity contribution is 5.95. The summed E-state index contributed by atoms with van der Waals surface area (Å²) >= 11 is 0. The molecule has 1 amide bonds. The van der Waals surface area contributed by atoms with Crippen molar-refractivity contribution in [2.24, 2.45) is 0 Å². The lowest BCUT2D eigenvalue weighted by Crippen LogP contribution is -2.17. The number of hydrogen-bond donors (Lipinski definition) is 1. The van der Waals surface area contributed by atoms with Crippen LogP contribution in [0.25, 0.3) is 11.3 Å². The molecule has 15 heavy (non-hydrogen) atoms. The van der Waals surface area contributed by atoms with E-state index in [-0.39, 0.29) is 5.91 Å². The van der Waals surface area contributed by atoms with E-state index in [0.717, 1.165) is 11.3 Å². The molecular formula is C11H10N2O2. The number of rotatable bonds is 2. The number of nitrogens with zero attached hydrogens (tertiary/aromatic N) is 1. The number of benzene rings is 1. The summed E-state index contributed by atoms with van der Waals surface area (Å²) in [5.41, 5.74) is 2.20. The van der Waals surface area contributed by atoms with Crippen LogP contribution in [0, 0.1) is 0 Å². The van der Waals surface area contributed by atoms with Crippen LogP contribution < -0.4 is 5.32 Å². The molecule has 1 N–H and O–H groups in total. The second kappa shape index (κ2) is 3.96. The average molecular weight is 202 g/mol. The minimum atomic E-state index is -0.111. The van der Waals surface area contributed by atoms with E-state index in [1.54, 1.807) is 25.4 Å². The van der Waals surface area contributed by atoms with Gasteiger partial charge >= 0.3 is 0 Å². The predicted molar refractivity (Wildman–Crippen MR) is 55.3 cm³/mol. The molecule has 0 bridgehead atoms. The van der Waals surface area contributed by atoms with Gasteiger partial charge in [-0.25, -0.2) is 4.98 Å². The maximum Gasteiger partial charge on any atom is 0.251 e. The maximum absolute atomic E-state index is 11.4. The summed E-state index contributed by atoms with van der Waals surface area (Å²) in [5.74, 6) is -0.111. The van der Waals surface area contributed by atoms with E-state index in [1.807, 2.05) is 12.1 Å². The van der Waals surface area contributed by atoms with Gasteiger partial charge in [-0.05, 0) is 12.1 Å². The Hall–Kier alpha value is -2.10. The molecule has 1 heterocycles. The first-order valence-corrected chi connectivity index (χ1v) is 4.52.